The predicted molar refractivity (Wildman–Crippen MR) is 221 cm³/mol. The minimum atomic E-state index is -0.505. The molecule has 0 amide bonds. The van der Waals surface area contributed by atoms with Gasteiger partial charge in [-0.2, -0.15) is 0 Å². The summed E-state index contributed by atoms with van der Waals surface area (Å²) in [5.74, 6) is 3.54. The van der Waals surface area contributed by atoms with Crippen molar-refractivity contribution in [2.24, 2.45) is 0 Å². The molecule has 0 N–H and O–H groups in total. The normalized spacial score (nSPS) is 12.4. The zero-order chi connectivity index (χ0) is 33.6. The summed E-state index contributed by atoms with van der Waals surface area (Å²) in [6.07, 6.45) is 6.37. The van der Waals surface area contributed by atoms with Gasteiger partial charge >= 0.3 is 0 Å². The second kappa shape index (κ2) is 30.5. The van der Waals surface area contributed by atoms with Crippen LogP contribution >= 0.6 is 21.6 Å². The molecule has 0 radical (unpaired) electrons. The Morgan fingerprint density at radius 2 is 0.938 bits per heavy atom. The number of hydrogen-bond acceptors (Lipinski definition) is 7. The van der Waals surface area contributed by atoms with Crippen LogP contribution in [0.3, 0.4) is 0 Å². The summed E-state index contributed by atoms with van der Waals surface area (Å²) in [6, 6.07) is 18.1. The number of rotatable bonds is 5. The topological polar surface area (TPSA) is 49.8 Å². The number of hydrogen-bond donors (Lipinski definition) is 0. The molecule has 0 saturated heterocycles. The quantitative estimate of drug-likeness (QED) is 0.244. The van der Waals surface area contributed by atoms with Crippen LogP contribution in [-0.2, 0) is 12.8 Å². The molecule has 0 saturated carbocycles. The summed E-state index contributed by atoms with van der Waals surface area (Å²) >= 11 is 0. The number of nitrogens with zero attached hydrogens (tertiary/aromatic N) is 1. The number of benzene rings is 2. The lowest BCUT2D eigenvalue weighted by molar-refractivity contribution is -0.0437. The zero-order valence-electron chi connectivity index (χ0n) is 29.7. The monoisotopic (exact) mass is 710 g/mol. The molecule has 0 spiro atoms. The molecule has 0 atom stereocenters. The van der Waals surface area contributed by atoms with Crippen LogP contribution in [0.2, 0.25) is 0 Å². The molecule has 3 aromatic rings. The minimum absolute atomic E-state index is 0. The largest absolute Gasteiger partial charge is 0.449 e. The van der Waals surface area contributed by atoms with Crippen LogP contribution < -0.4 is 18.9 Å². The number of aromatic nitrogens is 1. The van der Waals surface area contributed by atoms with E-state index in [1.165, 1.54) is 24.0 Å². The molecule has 5 rings (SSSR count). The van der Waals surface area contributed by atoms with E-state index in [4.69, 9.17) is 18.9 Å². The van der Waals surface area contributed by atoms with Gasteiger partial charge in [0.1, 0.15) is 5.03 Å². The van der Waals surface area contributed by atoms with Gasteiger partial charge in [-0.1, -0.05) is 134 Å². The van der Waals surface area contributed by atoms with E-state index in [-0.39, 0.29) is 29.7 Å². The number of aryl methyl sites for hydroxylation is 2. The molecule has 0 unspecified atom stereocenters. The van der Waals surface area contributed by atoms with Crippen LogP contribution in [0, 0.1) is 0 Å². The first-order valence-corrected chi connectivity index (χ1v) is 18.5. The van der Waals surface area contributed by atoms with Crippen molar-refractivity contribution >= 4 is 21.6 Å². The third-order valence-electron chi connectivity index (χ3n) is 5.16. The summed E-state index contributed by atoms with van der Waals surface area (Å²) in [5, 5.41) is 1.09. The fraction of sp³-hybridized carbons (Fsp3) is 0.585. The second-order valence-corrected chi connectivity index (χ2v) is 13.2. The van der Waals surface area contributed by atoms with Gasteiger partial charge in [-0.15, -0.1) is 0 Å². The van der Waals surface area contributed by atoms with Crippen molar-refractivity contribution in [1.29, 1.82) is 0 Å². The Hall–Kier alpha value is -2.51. The summed E-state index contributed by atoms with van der Waals surface area (Å²) in [6.45, 7) is 26.6. The maximum absolute atomic E-state index is 5.61. The highest BCUT2D eigenvalue weighted by atomic mass is 33.1. The first kappa shape index (κ1) is 54.9. The molecule has 2 aliphatic rings. The van der Waals surface area contributed by atoms with E-state index < -0.39 is 11.6 Å². The van der Waals surface area contributed by atoms with Gasteiger partial charge in [0.2, 0.25) is 11.6 Å². The number of ether oxygens (including phenoxy) is 4. The summed E-state index contributed by atoms with van der Waals surface area (Å²) in [7, 11) is 3.54. The van der Waals surface area contributed by atoms with Crippen molar-refractivity contribution in [2.75, 3.05) is 5.75 Å². The van der Waals surface area contributed by atoms with E-state index in [0.29, 0.717) is 0 Å². The lowest BCUT2D eigenvalue weighted by Crippen LogP contribution is -2.29. The van der Waals surface area contributed by atoms with Crippen LogP contribution in [0.15, 0.2) is 65.8 Å². The Kier molecular flexibility index (Phi) is 34.9. The standard InChI is InChI=1S/2C11H14O2.C7H9NS2.2C3H8.C2H6.4CH4/c2*1-4-8-5-6-9-10(7-8)13-11(2,3)12-9;1-2-9-10-7-5-3-4-6-8-7;2*1-3-2;1-2;;;;/h2*5-7H,4H2,1-3H3;3-6H,2H2,1H3;2*3H2,1-2H3;1-2H3;4*1H4. The van der Waals surface area contributed by atoms with Gasteiger partial charge in [-0.25, -0.2) is 4.98 Å². The van der Waals surface area contributed by atoms with Crippen molar-refractivity contribution in [1.82, 2.24) is 4.98 Å². The predicted octanol–water partition coefficient (Wildman–Crippen LogP) is 14.8. The van der Waals surface area contributed by atoms with Crippen LogP contribution in [0.1, 0.15) is 144 Å². The van der Waals surface area contributed by atoms with Gasteiger partial charge in [0.15, 0.2) is 23.0 Å². The maximum Gasteiger partial charge on any atom is 0.246 e. The van der Waals surface area contributed by atoms with Crippen molar-refractivity contribution in [2.45, 2.75) is 162 Å². The average Bonchev–Trinajstić information content (AvgIpc) is 3.50. The van der Waals surface area contributed by atoms with Gasteiger partial charge in [0, 0.05) is 39.6 Å². The van der Waals surface area contributed by atoms with Crippen molar-refractivity contribution in [3.05, 3.63) is 71.9 Å². The lowest BCUT2D eigenvalue weighted by Gasteiger charge is -2.16. The zero-order valence-corrected chi connectivity index (χ0v) is 31.3. The van der Waals surface area contributed by atoms with E-state index in [0.717, 1.165) is 46.6 Å². The Morgan fingerprint density at radius 3 is 1.25 bits per heavy atom. The Morgan fingerprint density at radius 1 is 0.562 bits per heavy atom. The maximum atomic E-state index is 5.61. The molecule has 48 heavy (non-hydrogen) atoms. The fourth-order valence-electron chi connectivity index (χ4n) is 3.49. The molecule has 1 aromatic heterocycles. The highest BCUT2D eigenvalue weighted by Gasteiger charge is 2.32. The highest BCUT2D eigenvalue weighted by molar-refractivity contribution is 8.76. The Bertz CT molecular complexity index is 1080. The molecule has 280 valence electrons. The summed E-state index contributed by atoms with van der Waals surface area (Å²) in [4.78, 5) is 4.16. The Labute approximate surface area is 307 Å². The third-order valence-corrected chi connectivity index (χ3v) is 7.49. The molecule has 2 aromatic carbocycles. The molecule has 0 aliphatic carbocycles. The molecular formula is C41H75NO4S2. The molecular weight excluding hydrogens is 635 g/mol. The van der Waals surface area contributed by atoms with Crippen LogP contribution in [0.5, 0.6) is 23.0 Å². The first-order valence-electron chi connectivity index (χ1n) is 16.2. The van der Waals surface area contributed by atoms with E-state index in [1.807, 2.05) is 101 Å². The average molecular weight is 710 g/mol. The molecule has 2 aliphatic heterocycles. The highest BCUT2D eigenvalue weighted by Crippen LogP contribution is 2.40. The second-order valence-electron chi connectivity index (χ2n) is 10.5. The number of pyridine rings is 1. The van der Waals surface area contributed by atoms with E-state index >= 15 is 0 Å². The molecule has 0 bridgehead atoms. The van der Waals surface area contributed by atoms with Gasteiger partial charge in [0.05, 0.1) is 0 Å². The summed E-state index contributed by atoms with van der Waals surface area (Å²) < 4.78 is 22.4. The summed E-state index contributed by atoms with van der Waals surface area (Å²) in [5.41, 5.74) is 2.56. The Balaban J connectivity index is -0.000000168. The van der Waals surface area contributed by atoms with Gasteiger partial charge in [0.25, 0.3) is 0 Å². The lowest BCUT2D eigenvalue weighted by atomic mass is 10.1. The van der Waals surface area contributed by atoms with Crippen molar-refractivity contribution in [3.63, 3.8) is 0 Å². The van der Waals surface area contributed by atoms with E-state index in [2.05, 4.69) is 65.6 Å². The third kappa shape index (κ3) is 22.2. The fourth-order valence-corrected chi connectivity index (χ4v) is 4.98. The van der Waals surface area contributed by atoms with Crippen molar-refractivity contribution < 1.29 is 18.9 Å². The van der Waals surface area contributed by atoms with Gasteiger partial charge < -0.3 is 18.9 Å². The van der Waals surface area contributed by atoms with Gasteiger partial charge in [-0.05, 0) is 71.2 Å². The van der Waals surface area contributed by atoms with E-state index in [9.17, 15) is 0 Å². The molecule has 5 nitrogen and oxygen atoms in total. The SMILES string of the molecule is C.C.C.C.CC.CCC.CCC.CCSSc1ccccn1.CCc1ccc2c(c1)OC(C)(C)O2.CCc1ccc2c(c1)OC(C)(C)O2. The van der Waals surface area contributed by atoms with Crippen LogP contribution in [0.4, 0.5) is 0 Å². The van der Waals surface area contributed by atoms with Crippen LogP contribution in [0.25, 0.3) is 0 Å². The molecule has 7 heteroatoms. The minimum Gasteiger partial charge on any atom is -0.449 e. The smallest absolute Gasteiger partial charge is 0.246 e. The first-order chi connectivity index (χ1) is 21.0. The molecule has 0 fully saturated rings. The van der Waals surface area contributed by atoms with E-state index in [1.54, 1.807) is 10.8 Å². The number of fused-ring (bicyclic) bond motifs is 2. The molecule has 3 heterocycles. The van der Waals surface area contributed by atoms with Crippen LogP contribution in [-0.4, -0.2) is 22.3 Å². The van der Waals surface area contributed by atoms with Crippen molar-refractivity contribution in [3.8, 4) is 23.0 Å². The van der Waals surface area contributed by atoms with Gasteiger partial charge in [-0.3, -0.25) is 0 Å².